The summed E-state index contributed by atoms with van der Waals surface area (Å²) < 4.78 is 0.983. The predicted octanol–water partition coefficient (Wildman–Crippen LogP) is 1.14. The van der Waals surface area contributed by atoms with E-state index in [0.717, 1.165) is 8.66 Å². The van der Waals surface area contributed by atoms with Crippen LogP contribution in [0.25, 0.3) is 0 Å². The summed E-state index contributed by atoms with van der Waals surface area (Å²) in [6, 6.07) is 2.60. The van der Waals surface area contributed by atoms with Gasteiger partial charge in [-0.3, -0.25) is 10.1 Å². The molecule has 0 bridgehead atoms. The van der Waals surface area contributed by atoms with Crippen molar-refractivity contribution in [3.8, 4) is 0 Å². The maximum atomic E-state index is 11.8. The monoisotopic (exact) mass is 320 g/mol. The highest BCUT2D eigenvalue weighted by molar-refractivity contribution is 9.11. The average Bonchev–Trinajstić information content (AvgIpc) is 2.64. The second-order valence-electron chi connectivity index (χ2n) is 3.46. The van der Waals surface area contributed by atoms with E-state index in [0.29, 0.717) is 6.54 Å². The number of hydrogen-bond donors (Lipinski definition) is 2. The zero-order chi connectivity index (χ0) is 13.0. The lowest BCUT2D eigenvalue weighted by atomic mass is 10.2. The van der Waals surface area contributed by atoms with E-state index in [2.05, 4.69) is 21.2 Å². The van der Waals surface area contributed by atoms with Crippen molar-refractivity contribution in [2.75, 3.05) is 14.1 Å². The molecule has 0 aliphatic carbocycles. The highest BCUT2D eigenvalue weighted by atomic mass is 79.9. The van der Waals surface area contributed by atoms with Gasteiger partial charge < -0.3 is 10.0 Å². The summed E-state index contributed by atoms with van der Waals surface area (Å²) in [5.74, 6) is -1.62. The fraction of sp³-hybridized carbons (Fsp3) is 0.400. The molecule has 0 aromatic carbocycles. The first-order chi connectivity index (χ1) is 7.95. The minimum atomic E-state index is -1.19. The molecule has 0 fully saturated rings. The first-order valence-corrected chi connectivity index (χ1v) is 6.46. The highest BCUT2D eigenvalue weighted by Crippen LogP contribution is 2.23. The molecule has 94 valence electrons. The van der Waals surface area contributed by atoms with Gasteiger partial charge in [0, 0.05) is 11.9 Å². The molecule has 0 aliphatic heterocycles. The van der Waals surface area contributed by atoms with Crippen molar-refractivity contribution in [2.45, 2.75) is 12.6 Å². The van der Waals surface area contributed by atoms with Gasteiger partial charge in [0.25, 0.3) is 5.91 Å². The van der Waals surface area contributed by atoms with Crippen LogP contribution in [0.5, 0.6) is 0 Å². The number of hydrogen-bond acceptors (Lipinski definition) is 4. The van der Waals surface area contributed by atoms with Crippen LogP contribution in [0, 0.1) is 0 Å². The van der Waals surface area contributed by atoms with Crippen LogP contribution in [-0.4, -0.2) is 42.0 Å². The lowest BCUT2D eigenvalue weighted by molar-refractivity contribution is -0.147. The van der Waals surface area contributed by atoms with E-state index < -0.39 is 17.9 Å². The van der Waals surface area contributed by atoms with Crippen LogP contribution >= 0.6 is 27.3 Å². The van der Waals surface area contributed by atoms with Crippen molar-refractivity contribution in [2.24, 2.45) is 0 Å². The summed E-state index contributed by atoms with van der Waals surface area (Å²) in [6.45, 7) is 0.403. The second-order valence-corrected chi connectivity index (χ2v) is 6.01. The van der Waals surface area contributed by atoms with Gasteiger partial charge in [-0.15, -0.1) is 11.3 Å². The zero-order valence-corrected chi connectivity index (χ0v) is 11.8. The smallest absolute Gasteiger partial charge is 0.330 e. The third-order valence-corrected chi connectivity index (χ3v) is 3.79. The summed E-state index contributed by atoms with van der Waals surface area (Å²) in [4.78, 5) is 25.0. The lowest BCUT2D eigenvalue weighted by Gasteiger charge is -2.20. The molecule has 0 radical (unpaired) electrons. The Bertz CT molecular complexity index is 421. The van der Waals surface area contributed by atoms with Crippen LogP contribution in [0.4, 0.5) is 0 Å². The Balaban J connectivity index is 2.66. The number of carbonyl (C=O) groups is 2. The molecule has 1 rings (SSSR count). The van der Waals surface area contributed by atoms with Crippen LogP contribution in [0.1, 0.15) is 4.88 Å². The van der Waals surface area contributed by atoms with E-state index in [-0.39, 0.29) is 0 Å². The third kappa shape index (κ3) is 3.79. The molecule has 1 atom stereocenters. The normalized spacial score (nSPS) is 12.2. The SMILES string of the molecule is CNC(C(=O)O)C(=O)N(C)Cc1ccc(Br)s1. The maximum Gasteiger partial charge on any atom is 0.330 e. The van der Waals surface area contributed by atoms with Gasteiger partial charge in [0.1, 0.15) is 0 Å². The molecule has 0 saturated heterocycles. The van der Waals surface area contributed by atoms with E-state index in [1.807, 2.05) is 12.1 Å². The van der Waals surface area contributed by atoms with Crippen LogP contribution in [-0.2, 0) is 16.1 Å². The number of rotatable bonds is 5. The standard InChI is InChI=1S/C10H13BrN2O3S/c1-12-8(10(15)16)9(14)13(2)5-6-3-4-7(11)17-6/h3-4,8,12H,5H2,1-2H3,(H,15,16). The van der Waals surface area contributed by atoms with Crippen LogP contribution in [0.3, 0.4) is 0 Å². The fourth-order valence-electron chi connectivity index (χ4n) is 1.32. The topological polar surface area (TPSA) is 69.6 Å². The first-order valence-electron chi connectivity index (χ1n) is 4.85. The number of carboxylic acid groups (broad SMARTS) is 1. The van der Waals surface area contributed by atoms with Crippen molar-refractivity contribution >= 4 is 39.1 Å². The molecule has 1 amide bonds. The zero-order valence-electron chi connectivity index (χ0n) is 9.44. The van der Waals surface area contributed by atoms with Gasteiger partial charge in [0.15, 0.2) is 6.04 Å². The number of aliphatic carboxylic acids is 1. The third-order valence-electron chi connectivity index (χ3n) is 2.18. The van der Waals surface area contributed by atoms with Crippen molar-refractivity contribution in [1.82, 2.24) is 10.2 Å². The number of likely N-dealkylation sites (N-methyl/N-ethyl adjacent to an activating group) is 2. The average molecular weight is 321 g/mol. The number of nitrogens with zero attached hydrogens (tertiary/aromatic N) is 1. The maximum absolute atomic E-state index is 11.8. The quantitative estimate of drug-likeness (QED) is 0.798. The van der Waals surface area contributed by atoms with E-state index in [1.54, 1.807) is 7.05 Å². The Morgan fingerprint density at radius 3 is 2.65 bits per heavy atom. The lowest BCUT2D eigenvalue weighted by Crippen LogP contribution is -2.48. The molecule has 1 aromatic rings. The van der Waals surface area contributed by atoms with Gasteiger partial charge in [-0.05, 0) is 35.1 Å². The number of thiophene rings is 1. The number of carboxylic acids is 1. The van der Waals surface area contributed by atoms with Gasteiger partial charge in [-0.1, -0.05) is 0 Å². The van der Waals surface area contributed by atoms with Gasteiger partial charge in [-0.25, -0.2) is 4.79 Å². The van der Waals surface area contributed by atoms with Gasteiger partial charge >= 0.3 is 5.97 Å². The van der Waals surface area contributed by atoms with Crippen molar-refractivity contribution in [3.05, 3.63) is 20.8 Å². The fourth-order valence-corrected chi connectivity index (χ4v) is 2.86. The Labute approximate surface area is 112 Å². The molecule has 7 heteroatoms. The largest absolute Gasteiger partial charge is 0.480 e. The summed E-state index contributed by atoms with van der Waals surface area (Å²) >= 11 is 4.85. The number of halogens is 1. The van der Waals surface area contributed by atoms with Gasteiger partial charge in [0.2, 0.25) is 0 Å². The Hall–Kier alpha value is -0.920. The van der Waals surface area contributed by atoms with E-state index >= 15 is 0 Å². The van der Waals surface area contributed by atoms with Gasteiger partial charge in [0.05, 0.1) is 10.3 Å². The van der Waals surface area contributed by atoms with Crippen LogP contribution in [0.2, 0.25) is 0 Å². The molecule has 2 N–H and O–H groups in total. The van der Waals surface area contributed by atoms with E-state index in [9.17, 15) is 9.59 Å². The molecular weight excluding hydrogens is 308 g/mol. The Kier molecular flexibility index (Phi) is 5.10. The molecule has 1 aromatic heterocycles. The molecular formula is C10H13BrN2O3S. The summed E-state index contributed by atoms with van der Waals surface area (Å²) in [6.07, 6.45) is 0. The molecule has 5 nitrogen and oxygen atoms in total. The minimum Gasteiger partial charge on any atom is -0.480 e. The minimum absolute atomic E-state index is 0.403. The molecule has 1 heterocycles. The van der Waals surface area contributed by atoms with E-state index in [1.165, 1.54) is 23.3 Å². The summed E-state index contributed by atoms with van der Waals surface area (Å²) in [5, 5.41) is 11.3. The van der Waals surface area contributed by atoms with Crippen molar-refractivity contribution < 1.29 is 14.7 Å². The predicted molar refractivity (Wildman–Crippen MR) is 69.0 cm³/mol. The Morgan fingerprint density at radius 2 is 2.24 bits per heavy atom. The van der Waals surface area contributed by atoms with Crippen LogP contribution < -0.4 is 5.32 Å². The summed E-state index contributed by atoms with van der Waals surface area (Å²) in [7, 11) is 3.04. The molecule has 0 aliphatic rings. The molecule has 0 saturated carbocycles. The molecule has 17 heavy (non-hydrogen) atoms. The van der Waals surface area contributed by atoms with Crippen molar-refractivity contribution in [3.63, 3.8) is 0 Å². The Morgan fingerprint density at radius 1 is 1.59 bits per heavy atom. The molecule has 1 unspecified atom stereocenters. The first kappa shape index (κ1) is 14.1. The molecule has 0 spiro atoms. The summed E-state index contributed by atoms with van der Waals surface area (Å²) in [5.41, 5.74) is 0. The van der Waals surface area contributed by atoms with Crippen molar-refractivity contribution in [1.29, 1.82) is 0 Å². The number of nitrogens with one attached hydrogen (secondary N) is 1. The van der Waals surface area contributed by atoms with Crippen LogP contribution in [0.15, 0.2) is 15.9 Å². The number of carbonyl (C=O) groups excluding carboxylic acids is 1. The second kappa shape index (κ2) is 6.13. The van der Waals surface area contributed by atoms with Gasteiger partial charge in [-0.2, -0.15) is 0 Å². The van der Waals surface area contributed by atoms with E-state index in [4.69, 9.17) is 5.11 Å². The highest BCUT2D eigenvalue weighted by Gasteiger charge is 2.27. The number of amides is 1.